The third kappa shape index (κ3) is 2.70. The Morgan fingerprint density at radius 1 is 1.31 bits per heavy atom. The van der Waals surface area contributed by atoms with Crippen LogP contribution in [0.15, 0.2) is 42.0 Å². The summed E-state index contributed by atoms with van der Waals surface area (Å²) in [6.07, 6.45) is 1.30. The molecule has 1 aliphatic heterocycles. The van der Waals surface area contributed by atoms with Gasteiger partial charge in [0.25, 0.3) is 0 Å². The lowest BCUT2D eigenvalue weighted by molar-refractivity contribution is -0.141. The van der Waals surface area contributed by atoms with E-state index < -0.39 is 0 Å². The molecule has 1 aliphatic rings. The number of benzene rings is 1. The number of cyclic esters (lactones) is 1. The van der Waals surface area contributed by atoms with Crippen molar-refractivity contribution >= 4 is 5.97 Å². The molecule has 1 atom stereocenters. The fourth-order valence-electron chi connectivity index (χ4n) is 1.57. The fourth-order valence-corrected chi connectivity index (χ4v) is 1.57. The molecule has 0 radical (unpaired) electrons. The predicted octanol–water partition coefficient (Wildman–Crippen LogP) is 2.07. The van der Waals surface area contributed by atoms with Crippen molar-refractivity contribution in [2.75, 3.05) is 6.61 Å². The molecule has 3 heteroatoms. The maximum absolute atomic E-state index is 10.9. The summed E-state index contributed by atoms with van der Waals surface area (Å²) in [6.45, 7) is 2.84. The lowest BCUT2D eigenvalue weighted by Crippen LogP contribution is -2.18. The van der Waals surface area contributed by atoms with E-state index in [-0.39, 0.29) is 12.1 Å². The minimum absolute atomic E-state index is 0.212. The van der Waals surface area contributed by atoms with Crippen molar-refractivity contribution in [1.82, 2.24) is 0 Å². The number of ether oxygens (including phenoxy) is 2. The average molecular weight is 218 g/mol. The molecule has 0 amide bonds. The second-order valence-electron chi connectivity index (χ2n) is 3.81. The van der Waals surface area contributed by atoms with Gasteiger partial charge >= 0.3 is 5.97 Å². The Bertz CT molecular complexity index is 395. The topological polar surface area (TPSA) is 35.5 Å². The first kappa shape index (κ1) is 10.9. The lowest BCUT2D eigenvalue weighted by Gasteiger charge is -2.12. The molecule has 0 saturated carbocycles. The van der Waals surface area contributed by atoms with Gasteiger partial charge in [0.05, 0.1) is 13.2 Å². The standard InChI is InChI=1S/C13H14O3/c1-10-7-13(14)16-12(10)9-15-8-11-5-3-2-4-6-11/h2-7,12H,8-9H2,1H3/t12-/m0/s1. The lowest BCUT2D eigenvalue weighted by atomic mass is 10.2. The van der Waals surface area contributed by atoms with Crippen LogP contribution in [-0.4, -0.2) is 18.7 Å². The van der Waals surface area contributed by atoms with Gasteiger partial charge in [-0.3, -0.25) is 0 Å². The molecule has 1 aromatic carbocycles. The Balaban J connectivity index is 1.77. The van der Waals surface area contributed by atoms with Gasteiger partial charge in [-0.15, -0.1) is 0 Å². The summed E-state index contributed by atoms with van der Waals surface area (Å²) in [5.74, 6) is -0.272. The fraction of sp³-hybridized carbons (Fsp3) is 0.308. The third-order valence-corrected chi connectivity index (χ3v) is 2.49. The molecule has 0 spiro atoms. The van der Waals surface area contributed by atoms with Crippen LogP contribution in [0.1, 0.15) is 12.5 Å². The van der Waals surface area contributed by atoms with E-state index in [2.05, 4.69) is 0 Å². The zero-order chi connectivity index (χ0) is 11.4. The summed E-state index contributed by atoms with van der Waals surface area (Å²) in [7, 11) is 0. The van der Waals surface area contributed by atoms with Crippen LogP contribution in [-0.2, 0) is 20.9 Å². The smallest absolute Gasteiger partial charge is 0.331 e. The van der Waals surface area contributed by atoms with Crippen molar-refractivity contribution in [2.45, 2.75) is 19.6 Å². The quantitative estimate of drug-likeness (QED) is 0.726. The Morgan fingerprint density at radius 3 is 2.69 bits per heavy atom. The third-order valence-electron chi connectivity index (χ3n) is 2.49. The molecule has 3 nitrogen and oxygen atoms in total. The maximum Gasteiger partial charge on any atom is 0.331 e. The Morgan fingerprint density at radius 2 is 2.06 bits per heavy atom. The summed E-state index contributed by atoms with van der Waals surface area (Å²) in [6, 6.07) is 9.92. The summed E-state index contributed by atoms with van der Waals surface area (Å²) >= 11 is 0. The number of rotatable bonds is 4. The molecule has 1 heterocycles. The second kappa shape index (κ2) is 4.94. The highest BCUT2D eigenvalue weighted by atomic mass is 16.6. The van der Waals surface area contributed by atoms with Crippen LogP contribution in [0, 0.1) is 0 Å². The van der Waals surface area contributed by atoms with Crippen molar-refractivity contribution in [3.8, 4) is 0 Å². The normalized spacial score (nSPS) is 19.4. The molecular weight excluding hydrogens is 204 g/mol. The van der Waals surface area contributed by atoms with Gasteiger partial charge in [-0.2, -0.15) is 0 Å². The van der Waals surface area contributed by atoms with Gasteiger partial charge in [0.15, 0.2) is 0 Å². The molecule has 0 fully saturated rings. The van der Waals surface area contributed by atoms with E-state index in [1.54, 1.807) is 0 Å². The van der Waals surface area contributed by atoms with Crippen molar-refractivity contribution in [1.29, 1.82) is 0 Å². The molecule has 0 aliphatic carbocycles. The highest BCUT2D eigenvalue weighted by Crippen LogP contribution is 2.15. The van der Waals surface area contributed by atoms with E-state index in [0.717, 1.165) is 11.1 Å². The Labute approximate surface area is 94.7 Å². The van der Waals surface area contributed by atoms with Crippen LogP contribution in [0.3, 0.4) is 0 Å². The molecule has 16 heavy (non-hydrogen) atoms. The molecule has 0 bridgehead atoms. The van der Waals surface area contributed by atoms with E-state index in [1.165, 1.54) is 6.08 Å². The minimum Gasteiger partial charge on any atom is -0.452 e. The second-order valence-corrected chi connectivity index (χ2v) is 3.81. The molecular formula is C13H14O3. The van der Waals surface area contributed by atoms with Crippen LogP contribution in [0.4, 0.5) is 0 Å². The van der Waals surface area contributed by atoms with Gasteiger partial charge < -0.3 is 9.47 Å². The summed E-state index contributed by atoms with van der Waals surface area (Å²) < 4.78 is 10.6. The average Bonchev–Trinajstić information content (AvgIpc) is 2.59. The van der Waals surface area contributed by atoms with Gasteiger partial charge in [0, 0.05) is 6.08 Å². The first-order valence-corrected chi connectivity index (χ1v) is 5.26. The van der Waals surface area contributed by atoms with Crippen LogP contribution in [0.25, 0.3) is 0 Å². The number of carbonyl (C=O) groups excluding carboxylic acids is 1. The van der Waals surface area contributed by atoms with Crippen molar-refractivity contribution in [3.05, 3.63) is 47.5 Å². The zero-order valence-electron chi connectivity index (χ0n) is 9.18. The van der Waals surface area contributed by atoms with Gasteiger partial charge in [-0.05, 0) is 18.1 Å². The van der Waals surface area contributed by atoms with E-state index in [4.69, 9.17) is 9.47 Å². The number of esters is 1. The summed E-state index contributed by atoms with van der Waals surface area (Å²) in [4.78, 5) is 10.9. The first-order chi connectivity index (χ1) is 7.75. The van der Waals surface area contributed by atoms with Crippen LogP contribution in [0.5, 0.6) is 0 Å². The molecule has 84 valence electrons. The molecule has 0 saturated heterocycles. The SMILES string of the molecule is CC1=CC(=O)O[C@H]1COCc1ccccc1. The van der Waals surface area contributed by atoms with E-state index in [1.807, 2.05) is 37.3 Å². The zero-order valence-corrected chi connectivity index (χ0v) is 9.18. The van der Waals surface area contributed by atoms with Crippen LogP contribution < -0.4 is 0 Å². The Hall–Kier alpha value is -1.61. The van der Waals surface area contributed by atoms with E-state index >= 15 is 0 Å². The van der Waals surface area contributed by atoms with Crippen LogP contribution in [0.2, 0.25) is 0 Å². The molecule has 0 N–H and O–H groups in total. The van der Waals surface area contributed by atoms with Gasteiger partial charge in [-0.25, -0.2) is 4.79 Å². The number of carbonyl (C=O) groups is 1. The van der Waals surface area contributed by atoms with E-state index in [9.17, 15) is 4.79 Å². The van der Waals surface area contributed by atoms with Gasteiger partial charge in [0.2, 0.25) is 0 Å². The number of hydrogen-bond acceptors (Lipinski definition) is 3. The molecule has 1 aromatic rings. The maximum atomic E-state index is 10.9. The first-order valence-electron chi connectivity index (χ1n) is 5.26. The predicted molar refractivity (Wildman–Crippen MR) is 59.7 cm³/mol. The Kier molecular flexibility index (Phi) is 3.37. The van der Waals surface area contributed by atoms with Crippen molar-refractivity contribution in [3.63, 3.8) is 0 Å². The van der Waals surface area contributed by atoms with Gasteiger partial charge in [0.1, 0.15) is 6.10 Å². The molecule has 0 unspecified atom stereocenters. The largest absolute Gasteiger partial charge is 0.452 e. The van der Waals surface area contributed by atoms with Crippen molar-refractivity contribution in [2.24, 2.45) is 0 Å². The highest BCUT2D eigenvalue weighted by Gasteiger charge is 2.22. The van der Waals surface area contributed by atoms with E-state index in [0.29, 0.717) is 13.2 Å². The van der Waals surface area contributed by atoms with Gasteiger partial charge in [-0.1, -0.05) is 30.3 Å². The van der Waals surface area contributed by atoms with Crippen molar-refractivity contribution < 1.29 is 14.3 Å². The molecule has 2 rings (SSSR count). The minimum atomic E-state index is -0.272. The summed E-state index contributed by atoms with van der Waals surface area (Å²) in [5, 5.41) is 0. The molecule has 0 aromatic heterocycles. The number of hydrogen-bond donors (Lipinski definition) is 0. The monoisotopic (exact) mass is 218 g/mol. The van der Waals surface area contributed by atoms with Crippen LogP contribution >= 0.6 is 0 Å². The highest BCUT2D eigenvalue weighted by molar-refractivity contribution is 5.85. The summed E-state index contributed by atoms with van der Waals surface area (Å²) in [5.41, 5.74) is 2.05.